The van der Waals surface area contributed by atoms with Gasteiger partial charge in [0.05, 0.1) is 0 Å². The molecular weight excluding hydrogens is 267 g/mol. The van der Waals surface area contributed by atoms with Gasteiger partial charge in [0.2, 0.25) is 0 Å². The van der Waals surface area contributed by atoms with E-state index in [0.29, 0.717) is 23.6 Å². The molecule has 1 amide bonds. The summed E-state index contributed by atoms with van der Waals surface area (Å²) in [5, 5.41) is 0. The van der Waals surface area contributed by atoms with Crippen LogP contribution >= 0.6 is 0 Å². The molecule has 1 fully saturated rings. The molecule has 1 aromatic carbocycles. The molecule has 0 saturated carbocycles. The van der Waals surface area contributed by atoms with Crippen molar-refractivity contribution in [2.24, 2.45) is 0 Å². The Bertz CT molecular complexity index is 488. The number of nitrogens with zero attached hydrogens (tertiary/aromatic N) is 1. The van der Waals surface area contributed by atoms with Gasteiger partial charge in [-0.05, 0) is 12.1 Å². The second-order valence-corrected chi connectivity index (χ2v) is 5.59. The van der Waals surface area contributed by atoms with Crippen LogP contribution < -0.4 is 0 Å². The van der Waals surface area contributed by atoms with E-state index in [2.05, 4.69) is 0 Å². The van der Waals surface area contributed by atoms with E-state index in [9.17, 15) is 22.2 Å². The molecule has 0 N–H and O–H groups in total. The van der Waals surface area contributed by atoms with Crippen LogP contribution in [0.1, 0.15) is 10.4 Å². The summed E-state index contributed by atoms with van der Waals surface area (Å²) in [6.45, 7) is 0.540. The van der Waals surface area contributed by atoms with E-state index in [1.807, 2.05) is 0 Å². The van der Waals surface area contributed by atoms with Crippen LogP contribution in [0.2, 0.25) is 0 Å². The van der Waals surface area contributed by atoms with Gasteiger partial charge >= 0.3 is 0 Å². The van der Waals surface area contributed by atoms with Crippen LogP contribution in [0, 0.1) is 17.5 Å². The lowest BCUT2D eigenvalue weighted by Gasteiger charge is -2.26. The molecule has 98 valence electrons. The number of carbonyl (C=O) groups excluding carboxylic acids is 1. The Morgan fingerprint density at radius 3 is 2.11 bits per heavy atom. The predicted molar refractivity (Wildman–Crippen MR) is 60.1 cm³/mol. The highest BCUT2D eigenvalue weighted by atomic mass is 32.2. The van der Waals surface area contributed by atoms with E-state index in [0.717, 1.165) is 0 Å². The van der Waals surface area contributed by atoms with Crippen molar-refractivity contribution in [3.05, 3.63) is 35.1 Å². The summed E-state index contributed by atoms with van der Waals surface area (Å²) < 4.78 is 49.9. The average Bonchev–Trinajstić information content (AvgIpc) is 2.35. The molecule has 0 bridgehead atoms. The molecule has 1 aliphatic heterocycles. The number of hydrogen-bond acceptors (Lipinski definition) is 2. The zero-order valence-electron chi connectivity index (χ0n) is 9.29. The molecule has 18 heavy (non-hydrogen) atoms. The molecule has 0 spiro atoms. The van der Waals surface area contributed by atoms with Gasteiger partial charge in [-0.15, -0.1) is 0 Å². The highest BCUT2D eigenvalue weighted by Gasteiger charge is 2.23. The first-order chi connectivity index (χ1) is 8.49. The lowest BCUT2D eigenvalue weighted by Crippen LogP contribution is -2.41. The summed E-state index contributed by atoms with van der Waals surface area (Å²) in [6, 6.07) is 1.35. The fraction of sp³-hybridized carbons (Fsp3) is 0.364. The summed E-state index contributed by atoms with van der Waals surface area (Å²) in [5.74, 6) is -4.26. The van der Waals surface area contributed by atoms with Crippen LogP contribution in [-0.2, 0) is 10.8 Å². The summed E-state index contributed by atoms with van der Waals surface area (Å²) in [7, 11) is -0.948. The van der Waals surface area contributed by atoms with Gasteiger partial charge in [-0.1, -0.05) is 0 Å². The molecule has 0 aromatic heterocycles. The average molecular weight is 277 g/mol. The number of carbonyl (C=O) groups is 1. The molecular formula is C11H10F3NO2S. The minimum atomic E-state index is -1.59. The molecule has 0 unspecified atom stereocenters. The SMILES string of the molecule is O=C(c1cc(F)c(F)c(F)c1)N1CCS(=O)CC1. The maximum absolute atomic E-state index is 13.0. The Hall–Kier alpha value is -1.37. The van der Waals surface area contributed by atoms with Gasteiger partial charge < -0.3 is 4.90 Å². The topological polar surface area (TPSA) is 37.4 Å². The molecule has 0 atom stereocenters. The minimum absolute atomic E-state index is 0.237. The smallest absolute Gasteiger partial charge is 0.254 e. The van der Waals surface area contributed by atoms with E-state index < -0.39 is 34.2 Å². The molecule has 1 aromatic rings. The third-order valence-electron chi connectivity index (χ3n) is 2.70. The van der Waals surface area contributed by atoms with Gasteiger partial charge in [-0.25, -0.2) is 13.2 Å². The van der Waals surface area contributed by atoms with Gasteiger partial charge in [0.1, 0.15) is 0 Å². The number of benzene rings is 1. The number of amides is 1. The quantitative estimate of drug-likeness (QED) is 0.726. The van der Waals surface area contributed by atoms with Crippen LogP contribution in [-0.4, -0.2) is 39.6 Å². The Kier molecular flexibility index (Phi) is 3.70. The summed E-state index contributed by atoms with van der Waals surface area (Å²) >= 11 is 0. The standard InChI is InChI=1S/C11H10F3NO2S/c12-8-5-7(6-9(13)10(8)14)11(16)15-1-3-18(17)4-2-15/h5-6H,1-4H2. The van der Waals surface area contributed by atoms with Crippen molar-refractivity contribution in [1.82, 2.24) is 4.90 Å². The Morgan fingerprint density at radius 1 is 1.11 bits per heavy atom. The Balaban J connectivity index is 2.21. The van der Waals surface area contributed by atoms with Gasteiger partial charge in [0.25, 0.3) is 5.91 Å². The lowest BCUT2D eigenvalue weighted by molar-refractivity contribution is 0.0770. The first-order valence-corrected chi connectivity index (χ1v) is 6.76. The zero-order valence-corrected chi connectivity index (χ0v) is 10.1. The first kappa shape index (κ1) is 13.1. The third-order valence-corrected chi connectivity index (χ3v) is 3.97. The van der Waals surface area contributed by atoms with E-state index in [1.165, 1.54) is 4.90 Å². The van der Waals surface area contributed by atoms with Gasteiger partial charge in [0.15, 0.2) is 17.5 Å². The third kappa shape index (κ3) is 2.55. The first-order valence-electron chi connectivity index (χ1n) is 5.28. The van der Waals surface area contributed by atoms with Crippen LogP contribution in [0.15, 0.2) is 12.1 Å². The molecule has 1 saturated heterocycles. The van der Waals surface area contributed by atoms with E-state index in [4.69, 9.17) is 0 Å². The van der Waals surface area contributed by atoms with Gasteiger partial charge in [-0.2, -0.15) is 0 Å². The Morgan fingerprint density at radius 2 is 1.61 bits per heavy atom. The van der Waals surface area contributed by atoms with E-state index >= 15 is 0 Å². The van der Waals surface area contributed by atoms with Crippen LogP contribution in [0.25, 0.3) is 0 Å². The highest BCUT2D eigenvalue weighted by molar-refractivity contribution is 7.85. The zero-order chi connectivity index (χ0) is 13.3. The van der Waals surface area contributed by atoms with Crippen LogP contribution in [0.3, 0.4) is 0 Å². The largest absolute Gasteiger partial charge is 0.337 e. The molecule has 7 heteroatoms. The minimum Gasteiger partial charge on any atom is -0.337 e. The van der Waals surface area contributed by atoms with Crippen molar-refractivity contribution in [3.63, 3.8) is 0 Å². The normalized spacial score (nSPS) is 16.9. The second-order valence-electron chi connectivity index (χ2n) is 3.89. The summed E-state index contributed by atoms with van der Waals surface area (Å²) in [4.78, 5) is 13.2. The molecule has 1 aliphatic rings. The fourth-order valence-electron chi connectivity index (χ4n) is 1.70. The maximum atomic E-state index is 13.0. The number of rotatable bonds is 1. The van der Waals surface area contributed by atoms with Crippen molar-refractivity contribution >= 4 is 16.7 Å². The van der Waals surface area contributed by atoms with Gasteiger partial charge in [0, 0.05) is 41.0 Å². The van der Waals surface area contributed by atoms with Crippen LogP contribution in [0.4, 0.5) is 13.2 Å². The Labute approximate surface area is 104 Å². The van der Waals surface area contributed by atoms with Crippen LogP contribution in [0.5, 0.6) is 0 Å². The number of halogens is 3. The maximum Gasteiger partial charge on any atom is 0.254 e. The lowest BCUT2D eigenvalue weighted by atomic mass is 10.1. The highest BCUT2D eigenvalue weighted by Crippen LogP contribution is 2.16. The van der Waals surface area contributed by atoms with Crippen molar-refractivity contribution in [3.8, 4) is 0 Å². The van der Waals surface area contributed by atoms with Crippen molar-refractivity contribution in [1.29, 1.82) is 0 Å². The molecule has 2 rings (SSSR count). The van der Waals surface area contributed by atoms with Crippen molar-refractivity contribution < 1.29 is 22.2 Å². The predicted octanol–water partition coefficient (Wildman–Crippen LogP) is 1.31. The van der Waals surface area contributed by atoms with Gasteiger partial charge in [-0.3, -0.25) is 9.00 Å². The fourth-order valence-corrected chi connectivity index (χ4v) is 2.75. The van der Waals surface area contributed by atoms with E-state index in [-0.39, 0.29) is 18.7 Å². The molecule has 1 heterocycles. The summed E-state index contributed by atoms with van der Waals surface area (Å²) in [5.41, 5.74) is -0.237. The second kappa shape index (κ2) is 5.09. The number of hydrogen-bond donors (Lipinski definition) is 0. The molecule has 0 aliphatic carbocycles. The molecule has 3 nitrogen and oxygen atoms in total. The summed E-state index contributed by atoms with van der Waals surface area (Å²) in [6.07, 6.45) is 0. The monoisotopic (exact) mass is 277 g/mol. The van der Waals surface area contributed by atoms with Crippen molar-refractivity contribution in [2.75, 3.05) is 24.6 Å². The van der Waals surface area contributed by atoms with Crippen molar-refractivity contribution in [2.45, 2.75) is 0 Å². The molecule has 0 radical (unpaired) electrons. The van der Waals surface area contributed by atoms with E-state index in [1.54, 1.807) is 0 Å².